The van der Waals surface area contributed by atoms with Gasteiger partial charge in [-0.25, -0.2) is 8.42 Å². The maximum absolute atomic E-state index is 12.1. The van der Waals surface area contributed by atoms with Crippen LogP contribution in [0.15, 0.2) is 29.2 Å². The summed E-state index contributed by atoms with van der Waals surface area (Å²) in [6.07, 6.45) is 0.829. The number of hydrogen-bond donors (Lipinski definition) is 1. The van der Waals surface area contributed by atoms with E-state index >= 15 is 0 Å². The highest BCUT2D eigenvalue weighted by Gasteiger charge is 2.19. The quantitative estimate of drug-likeness (QED) is 0.782. The molecule has 1 aromatic rings. The molecule has 0 fully saturated rings. The Morgan fingerprint density at radius 2 is 1.85 bits per heavy atom. The van der Waals surface area contributed by atoms with E-state index in [0.717, 1.165) is 6.42 Å². The highest BCUT2D eigenvalue weighted by atomic mass is 32.2. The molecular weight excluding hydrogens is 294 g/mol. The number of thiocarbonyl (C=S) groups is 1. The van der Waals surface area contributed by atoms with Crippen molar-refractivity contribution in [3.05, 3.63) is 29.8 Å². The highest BCUT2D eigenvalue weighted by Crippen LogP contribution is 2.16. The van der Waals surface area contributed by atoms with E-state index in [1.165, 1.54) is 12.1 Å². The van der Waals surface area contributed by atoms with Gasteiger partial charge in [0.05, 0.1) is 22.9 Å². The summed E-state index contributed by atoms with van der Waals surface area (Å²) in [5, 5.41) is 0. The predicted molar refractivity (Wildman–Crippen MR) is 84.7 cm³/mol. The van der Waals surface area contributed by atoms with E-state index in [9.17, 15) is 8.42 Å². The molecule has 1 aromatic carbocycles. The summed E-state index contributed by atoms with van der Waals surface area (Å²) in [7, 11) is -3.34. The third kappa shape index (κ3) is 4.85. The molecule has 0 aliphatic carbocycles. The first-order valence-electron chi connectivity index (χ1n) is 6.44. The molecule has 0 heterocycles. The van der Waals surface area contributed by atoms with E-state index in [1.54, 1.807) is 12.1 Å². The average molecular weight is 315 g/mol. The van der Waals surface area contributed by atoms with Crippen molar-refractivity contribution < 1.29 is 13.2 Å². The van der Waals surface area contributed by atoms with E-state index in [2.05, 4.69) is 0 Å². The Kier molecular flexibility index (Phi) is 5.68. The lowest BCUT2D eigenvalue weighted by Gasteiger charge is -2.23. The third-order valence-electron chi connectivity index (χ3n) is 3.19. The van der Waals surface area contributed by atoms with Crippen molar-refractivity contribution in [2.45, 2.75) is 37.7 Å². The Labute approximate surface area is 126 Å². The maximum atomic E-state index is 12.1. The lowest BCUT2D eigenvalue weighted by atomic mass is 10.1. The van der Waals surface area contributed by atoms with Gasteiger partial charge in [0.25, 0.3) is 0 Å². The van der Waals surface area contributed by atoms with Crippen LogP contribution in [-0.2, 0) is 14.6 Å². The zero-order chi connectivity index (χ0) is 15.4. The molecule has 0 unspecified atom stereocenters. The van der Waals surface area contributed by atoms with Gasteiger partial charge in [-0.3, -0.25) is 0 Å². The van der Waals surface area contributed by atoms with Crippen molar-refractivity contribution in [1.82, 2.24) is 0 Å². The summed E-state index contributed by atoms with van der Waals surface area (Å²) in [5.41, 5.74) is 5.83. The van der Waals surface area contributed by atoms with Gasteiger partial charge >= 0.3 is 0 Å². The van der Waals surface area contributed by atoms with E-state index in [-0.39, 0.29) is 27.8 Å². The second kappa shape index (κ2) is 6.65. The number of ether oxygens (including phenoxy) is 1. The van der Waals surface area contributed by atoms with Gasteiger partial charge in [-0.15, -0.1) is 0 Å². The highest BCUT2D eigenvalue weighted by molar-refractivity contribution is 7.91. The molecule has 0 aromatic heterocycles. The first-order chi connectivity index (χ1) is 9.18. The molecule has 0 aliphatic heterocycles. The minimum Gasteiger partial charge on any atom is -0.389 e. The fourth-order valence-electron chi connectivity index (χ4n) is 1.47. The maximum Gasteiger partial charge on any atom is 0.180 e. The second-order valence-electron chi connectivity index (χ2n) is 5.17. The van der Waals surface area contributed by atoms with Gasteiger partial charge in [-0.1, -0.05) is 31.3 Å². The molecule has 0 atom stereocenters. The zero-order valence-electron chi connectivity index (χ0n) is 12.0. The summed E-state index contributed by atoms with van der Waals surface area (Å²) in [6, 6.07) is 6.28. The Hall–Kier alpha value is -0.980. The monoisotopic (exact) mass is 315 g/mol. The molecule has 0 spiro atoms. The normalized spacial score (nSPS) is 12.3. The number of benzene rings is 1. The van der Waals surface area contributed by atoms with Crippen LogP contribution in [0.4, 0.5) is 0 Å². The number of rotatable bonds is 7. The average Bonchev–Trinajstić information content (AvgIpc) is 2.38. The van der Waals surface area contributed by atoms with E-state index < -0.39 is 9.84 Å². The molecule has 0 saturated heterocycles. The Bertz CT molecular complexity index is 563. The largest absolute Gasteiger partial charge is 0.389 e. The van der Waals surface area contributed by atoms with Crippen LogP contribution in [0, 0.1) is 0 Å². The lowest BCUT2D eigenvalue weighted by Crippen LogP contribution is -2.26. The smallest absolute Gasteiger partial charge is 0.180 e. The molecule has 2 N–H and O–H groups in total. The van der Waals surface area contributed by atoms with Gasteiger partial charge in [0, 0.05) is 5.56 Å². The van der Waals surface area contributed by atoms with Crippen LogP contribution < -0.4 is 5.73 Å². The molecule has 0 saturated carbocycles. The molecule has 0 radical (unpaired) electrons. The van der Waals surface area contributed by atoms with Crippen molar-refractivity contribution in [1.29, 1.82) is 0 Å². The minimum absolute atomic E-state index is 0.0388. The Morgan fingerprint density at radius 1 is 1.30 bits per heavy atom. The van der Waals surface area contributed by atoms with Crippen molar-refractivity contribution in [3.8, 4) is 0 Å². The van der Waals surface area contributed by atoms with Gasteiger partial charge in [0.15, 0.2) is 9.84 Å². The summed E-state index contributed by atoms with van der Waals surface area (Å²) >= 11 is 4.83. The van der Waals surface area contributed by atoms with Crippen LogP contribution in [0.5, 0.6) is 0 Å². The second-order valence-corrected chi connectivity index (χ2v) is 7.72. The van der Waals surface area contributed by atoms with Crippen LogP contribution >= 0.6 is 12.2 Å². The van der Waals surface area contributed by atoms with Crippen LogP contribution in [0.1, 0.15) is 32.8 Å². The molecule has 112 valence electrons. The summed E-state index contributed by atoms with van der Waals surface area (Å²) in [6.45, 7) is 6.07. The van der Waals surface area contributed by atoms with Crippen molar-refractivity contribution in [2.24, 2.45) is 5.73 Å². The summed E-state index contributed by atoms with van der Waals surface area (Å²) < 4.78 is 29.9. The van der Waals surface area contributed by atoms with Crippen LogP contribution in [0.2, 0.25) is 0 Å². The topological polar surface area (TPSA) is 69.4 Å². The molecule has 0 amide bonds. The van der Waals surface area contributed by atoms with Crippen molar-refractivity contribution in [2.75, 3.05) is 12.4 Å². The molecule has 4 nitrogen and oxygen atoms in total. The molecule has 0 bridgehead atoms. The first-order valence-corrected chi connectivity index (χ1v) is 8.50. The summed E-state index contributed by atoms with van der Waals surface area (Å²) in [5.74, 6) is -0.0388. The van der Waals surface area contributed by atoms with Crippen LogP contribution in [-0.4, -0.2) is 31.4 Å². The van der Waals surface area contributed by atoms with Gasteiger partial charge in [-0.2, -0.15) is 0 Å². The van der Waals surface area contributed by atoms with Gasteiger partial charge in [0.2, 0.25) is 0 Å². The number of hydrogen-bond acceptors (Lipinski definition) is 4. The SMILES string of the molecule is CCC(C)(C)OCCS(=O)(=O)c1ccc(C(N)=S)cc1. The fourth-order valence-corrected chi connectivity index (χ4v) is 2.70. The standard InChI is InChI=1S/C14H21NO3S2/c1-4-14(2,3)18-9-10-20(16,17)12-7-5-11(6-8-12)13(15)19/h5-8H,4,9-10H2,1-3H3,(H2,15,19). The van der Waals surface area contributed by atoms with Gasteiger partial charge < -0.3 is 10.5 Å². The molecule has 0 aliphatic rings. The van der Waals surface area contributed by atoms with E-state index in [0.29, 0.717) is 5.56 Å². The lowest BCUT2D eigenvalue weighted by molar-refractivity contribution is -0.0114. The summed E-state index contributed by atoms with van der Waals surface area (Å²) in [4.78, 5) is 0.511. The predicted octanol–water partition coefficient (Wildman–Crippen LogP) is 2.30. The third-order valence-corrected chi connectivity index (χ3v) is 5.12. The van der Waals surface area contributed by atoms with Crippen molar-refractivity contribution >= 4 is 27.0 Å². The molecule has 20 heavy (non-hydrogen) atoms. The first kappa shape index (κ1) is 17.1. The van der Waals surface area contributed by atoms with Crippen molar-refractivity contribution in [3.63, 3.8) is 0 Å². The van der Waals surface area contributed by atoms with Crippen LogP contribution in [0.3, 0.4) is 0 Å². The molecule has 1 rings (SSSR count). The minimum atomic E-state index is -3.34. The van der Waals surface area contributed by atoms with E-state index in [1.807, 2.05) is 20.8 Å². The Balaban J connectivity index is 2.72. The molecular formula is C14H21NO3S2. The van der Waals surface area contributed by atoms with Crippen LogP contribution in [0.25, 0.3) is 0 Å². The number of nitrogens with two attached hydrogens (primary N) is 1. The Morgan fingerprint density at radius 3 is 2.30 bits per heavy atom. The fraction of sp³-hybridized carbons (Fsp3) is 0.500. The zero-order valence-corrected chi connectivity index (χ0v) is 13.7. The molecule has 6 heteroatoms. The number of sulfone groups is 1. The van der Waals surface area contributed by atoms with E-state index in [4.69, 9.17) is 22.7 Å². The van der Waals surface area contributed by atoms with Gasteiger partial charge in [0.1, 0.15) is 4.99 Å². The van der Waals surface area contributed by atoms with Gasteiger partial charge in [-0.05, 0) is 32.4 Å².